The van der Waals surface area contributed by atoms with E-state index in [2.05, 4.69) is 29.8 Å². The fraction of sp³-hybridized carbons (Fsp3) is 0.571. The topological polar surface area (TPSA) is 26.0 Å². The molecule has 0 N–H and O–H groups in total. The van der Waals surface area contributed by atoms with E-state index in [0.29, 0.717) is 5.92 Å². The van der Waals surface area contributed by atoms with E-state index in [-0.39, 0.29) is 0 Å². The van der Waals surface area contributed by atoms with Crippen LogP contribution in [0.3, 0.4) is 0 Å². The summed E-state index contributed by atoms with van der Waals surface area (Å²) in [5.74, 6) is 0.500. The molecule has 0 aromatic carbocycles. The number of nitrogens with zero attached hydrogens (tertiary/aromatic N) is 1. The molecule has 1 aromatic rings. The molecular weight excluding hydrogens is 114 g/mol. The first-order valence-corrected chi connectivity index (χ1v) is 3.17. The third kappa shape index (κ3) is 1.31. The SMILES string of the molecule is CCC(C)c1c[c]on1. The minimum absolute atomic E-state index is 0.500. The van der Waals surface area contributed by atoms with Crippen molar-refractivity contribution in [2.45, 2.75) is 26.2 Å². The summed E-state index contributed by atoms with van der Waals surface area (Å²) < 4.78 is 4.56. The summed E-state index contributed by atoms with van der Waals surface area (Å²) in [6.07, 6.45) is 3.66. The molecule has 0 aliphatic heterocycles. The largest absolute Gasteiger partial charge is 0.353 e. The van der Waals surface area contributed by atoms with Gasteiger partial charge in [0.1, 0.15) is 0 Å². The number of rotatable bonds is 2. The van der Waals surface area contributed by atoms with Crippen molar-refractivity contribution in [3.63, 3.8) is 0 Å². The molecule has 1 heterocycles. The van der Waals surface area contributed by atoms with Crippen LogP contribution in [0.5, 0.6) is 0 Å². The Morgan fingerprint density at radius 2 is 2.67 bits per heavy atom. The second-order valence-electron chi connectivity index (χ2n) is 2.18. The maximum absolute atomic E-state index is 4.56. The molecule has 1 radical (unpaired) electrons. The molecular formula is C7H10NO. The molecule has 2 nitrogen and oxygen atoms in total. The van der Waals surface area contributed by atoms with Crippen LogP contribution in [-0.2, 0) is 0 Å². The summed E-state index contributed by atoms with van der Waals surface area (Å²) in [5.41, 5.74) is 0.998. The Labute approximate surface area is 54.9 Å². The lowest BCUT2D eigenvalue weighted by Gasteiger charge is -1.99. The van der Waals surface area contributed by atoms with E-state index in [1.165, 1.54) is 0 Å². The summed E-state index contributed by atoms with van der Waals surface area (Å²) in [6.45, 7) is 4.24. The van der Waals surface area contributed by atoms with Gasteiger partial charge in [0.2, 0.25) is 6.26 Å². The minimum atomic E-state index is 0.500. The zero-order valence-electron chi connectivity index (χ0n) is 5.72. The van der Waals surface area contributed by atoms with Gasteiger partial charge in [-0.2, -0.15) is 0 Å². The molecule has 2 heteroatoms. The van der Waals surface area contributed by atoms with Gasteiger partial charge in [-0.1, -0.05) is 19.0 Å². The highest BCUT2D eigenvalue weighted by Gasteiger charge is 2.04. The summed E-state index contributed by atoms with van der Waals surface area (Å²) >= 11 is 0. The molecule has 49 valence electrons. The molecule has 0 saturated heterocycles. The van der Waals surface area contributed by atoms with Crippen LogP contribution in [0.1, 0.15) is 31.9 Å². The van der Waals surface area contributed by atoms with Gasteiger partial charge >= 0.3 is 0 Å². The first kappa shape index (κ1) is 6.33. The van der Waals surface area contributed by atoms with Gasteiger partial charge in [-0.25, -0.2) is 0 Å². The fourth-order valence-corrected chi connectivity index (χ4v) is 0.634. The van der Waals surface area contributed by atoms with Crippen LogP contribution in [0.15, 0.2) is 10.6 Å². The van der Waals surface area contributed by atoms with E-state index < -0.39 is 0 Å². The molecule has 0 spiro atoms. The van der Waals surface area contributed by atoms with Crippen molar-refractivity contribution in [2.24, 2.45) is 0 Å². The van der Waals surface area contributed by atoms with E-state index in [0.717, 1.165) is 12.1 Å². The van der Waals surface area contributed by atoms with E-state index in [1.807, 2.05) is 0 Å². The Kier molecular flexibility index (Phi) is 1.88. The predicted molar refractivity (Wildman–Crippen MR) is 34.0 cm³/mol. The zero-order valence-corrected chi connectivity index (χ0v) is 5.72. The highest BCUT2D eigenvalue weighted by molar-refractivity contribution is 5.00. The van der Waals surface area contributed by atoms with Crippen molar-refractivity contribution in [1.82, 2.24) is 5.16 Å². The Bertz CT molecular complexity index is 157. The smallest absolute Gasteiger partial charge is 0.205 e. The molecule has 9 heavy (non-hydrogen) atoms. The molecule has 0 aliphatic carbocycles. The molecule has 1 unspecified atom stereocenters. The number of hydrogen-bond donors (Lipinski definition) is 0. The molecule has 0 amide bonds. The average molecular weight is 124 g/mol. The number of aromatic nitrogens is 1. The van der Waals surface area contributed by atoms with Gasteiger partial charge in [0, 0.05) is 12.0 Å². The zero-order chi connectivity index (χ0) is 6.69. The molecule has 0 saturated carbocycles. The Hall–Kier alpha value is -0.790. The molecule has 1 atom stereocenters. The summed E-state index contributed by atoms with van der Waals surface area (Å²) in [4.78, 5) is 0. The van der Waals surface area contributed by atoms with Crippen LogP contribution < -0.4 is 0 Å². The third-order valence-corrected chi connectivity index (χ3v) is 1.53. The Morgan fingerprint density at radius 1 is 1.89 bits per heavy atom. The van der Waals surface area contributed by atoms with Crippen LogP contribution in [-0.4, -0.2) is 5.16 Å². The van der Waals surface area contributed by atoms with Gasteiger partial charge in [0.15, 0.2) is 0 Å². The monoisotopic (exact) mass is 124 g/mol. The molecule has 1 rings (SSSR count). The van der Waals surface area contributed by atoms with Crippen molar-refractivity contribution in [3.05, 3.63) is 18.0 Å². The molecule has 0 fully saturated rings. The third-order valence-electron chi connectivity index (χ3n) is 1.53. The van der Waals surface area contributed by atoms with E-state index in [4.69, 9.17) is 0 Å². The van der Waals surface area contributed by atoms with Crippen LogP contribution in [0.25, 0.3) is 0 Å². The fourth-order valence-electron chi connectivity index (χ4n) is 0.634. The van der Waals surface area contributed by atoms with Crippen LogP contribution >= 0.6 is 0 Å². The first-order valence-electron chi connectivity index (χ1n) is 3.17. The predicted octanol–water partition coefficient (Wildman–Crippen LogP) is 1.99. The number of hydrogen-bond acceptors (Lipinski definition) is 2. The standard InChI is InChI=1S/C7H10NO/c1-3-6(2)7-4-5-9-8-7/h4,6H,3H2,1-2H3. The van der Waals surface area contributed by atoms with Crippen LogP contribution in [0.4, 0.5) is 0 Å². The maximum atomic E-state index is 4.56. The second-order valence-corrected chi connectivity index (χ2v) is 2.18. The van der Waals surface area contributed by atoms with Gasteiger partial charge in [-0.3, -0.25) is 0 Å². The lowest BCUT2D eigenvalue weighted by Crippen LogP contribution is -1.89. The van der Waals surface area contributed by atoms with Crippen molar-refractivity contribution < 1.29 is 4.52 Å². The van der Waals surface area contributed by atoms with Gasteiger partial charge in [0.25, 0.3) is 0 Å². The lowest BCUT2D eigenvalue weighted by molar-refractivity contribution is 0.399. The second kappa shape index (κ2) is 2.67. The Morgan fingerprint density at radius 3 is 3.11 bits per heavy atom. The van der Waals surface area contributed by atoms with E-state index in [9.17, 15) is 0 Å². The van der Waals surface area contributed by atoms with Crippen LogP contribution in [0, 0.1) is 6.26 Å². The summed E-state index contributed by atoms with van der Waals surface area (Å²) in [7, 11) is 0. The highest BCUT2D eigenvalue weighted by atomic mass is 16.5. The Balaban J connectivity index is 2.65. The van der Waals surface area contributed by atoms with Crippen molar-refractivity contribution >= 4 is 0 Å². The summed E-state index contributed by atoms with van der Waals surface area (Å²) in [6, 6.07) is 1.79. The summed E-state index contributed by atoms with van der Waals surface area (Å²) in [5, 5.41) is 3.76. The van der Waals surface area contributed by atoms with E-state index in [1.54, 1.807) is 6.07 Å². The molecule has 1 aromatic heterocycles. The first-order chi connectivity index (χ1) is 4.34. The quantitative estimate of drug-likeness (QED) is 0.602. The van der Waals surface area contributed by atoms with E-state index >= 15 is 0 Å². The molecule has 0 aliphatic rings. The highest BCUT2D eigenvalue weighted by Crippen LogP contribution is 2.14. The van der Waals surface area contributed by atoms with Crippen molar-refractivity contribution in [3.8, 4) is 0 Å². The van der Waals surface area contributed by atoms with Crippen molar-refractivity contribution in [2.75, 3.05) is 0 Å². The molecule has 0 bridgehead atoms. The maximum Gasteiger partial charge on any atom is 0.205 e. The van der Waals surface area contributed by atoms with Gasteiger partial charge in [0.05, 0.1) is 5.69 Å². The normalized spacial score (nSPS) is 13.6. The minimum Gasteiger partial charge on any atom is -0.353 e. The van der Waals surface area contributed by atoms with Gasteiger partial charge < -0.3 is 4.52 Å². The lowest BCUT2D eigenvalue weighted by atomic mass is 10.1. The van der Waals surface area contributed by atoms with Gasteiger partial charge in [-0.15, -0.1) is 0 Å². The average Bonchev–Trinajstić information content (AvgIpc) is 2.37. The van der Waals surface area contributed by atoms with Crippen LogP contribution in [0.2, 0.25) is 0 Å². The van der Waals surface area contributed by atoms with Gasteiger partial charge in [-0.05, 0) is 6.42 Å². The van der Waals surface area contributed by atoms with Crippen molar-refractivity contribution in [1.29, 1.82) is 0 Å².